The molecular formula is C22H26O6S. The molecule has 1 aliphatic rings. The summed E-state index contributed by atoms with van der Waals surface area (Å²) >= 11 is 4.51. The van der Waals surface area contributed by atoms with Crippen LogP contribution in [0.4, 0.5) is 0 Å². The maximum absolute atomic E-state index is 11.7. The van der Waals surface area contributed by atoms with Gasteiger partial charge in [-0.1, -0.05) is 60.7 Å². The van der Waals surface area contributed by atoms with Crippen LogP contribution in [0.1, 0.15) is 18.1 Å². The average Bonchev–Trinajstić information content (AvgIpc) is 2.73. The third-order valence-electron chi connectivity index (χ3n) is 4.66. The van der Waals surface area contributed by atoms with Crippen LogP contribution in [0, 0.1) is 0 Å². The molecule has 1 saturated heterocycles. The Morgan fingerprint density at radius 2 is 1.45 bits per heavy atom. The summed E-state index contributed by atoms with van der Waals surface area (Å²) in [5, 5.41) is 9.74. The third-order valence-corrected chi connectivity index (χ3v) is 5.08. The van der Waals surface area contributed by atoms with E-state index in [-0.39, 0.29) is 6.61 Å². The fourth-order valence-corrected chi connectivity index (χ4v) is 3.69. The van der Waals surface area contributed by atoms with E-state index in [1.807, 2.05) is 60.7 Å². The normalized spacial score (nSPS) is 26.8. The summed E-state index contributed by atoms with van der Waals surface area (Å²) in [6, 6.07) is 19.4. The number of carbonyl (C=O) groups excluding carboxylic acids is 1. The molecule has 0 aromatic heterocycles. The van der Waals surface area contributed by atoms with Crippen LogP contribution in [0.2, 0.25) is 0 Å². The largest absolute Gasteiger partial charge is 0.457 e. The van der Waals surface area contributed by atoms with E-state index in [0.717, 1.165) is 11.1 Å². The minimum atomic E-state index is -0.814. The molecule has 0 saturated carbocycles. The van der Waals surface area contributed by atoms with Crippen molar-refractivity contribution in [2.45, 2.75) is 50.0 Å². The molecule has 29 heavy (non-hydrogen) atoms. The van der Waals surface area contributed by atoms with Gasteiger partial charge in [-0.25, -0.2) is 0 Å². The van der Waals surface area contributed by atoms with Crippen LogP contribution in [0.15, 0.2) is 60.7 Å². The van der Waals surface area contributed by atoms with E-state index >= 15 is 0 Å². The quantitative estimate of drug-likeness (QED) is 0.507. The van der Waals surface area contributed by atoms with Gasteiger partial charge < -0.3 is 24.1 Å². The van der Waals surface area contributed by atoms with Gasteiger partial charge in [0.1, 0.15) is 23.7 Å². The predicted molar refractivity (Wildman–Crippen MR) is 110 cm³/mol. The van der Waals surface area contributed by atoms with Crippen molar-refractivity contribution in [1.29, 1.82) is 0 Å². The van der Waals surface area contributed by atoms with Gasteiger partial charge in [0.2, 0.25) is 0 Å². The molecule has 1 heterocycles. The molecule has 7 heteroatoms. The molecule has 156 valence electrons. The molecular weight excluding hydrogens is 392 g/mol. The van der Waals surface area contributed by atoms with Crippen molar-refractivity contribution >= 4 is 18.6 Å². The fourth-order valence-electron chi connectivity index (χ4n) is 3.28. The van der Waals surface area contributed by atoms with Crippen molar-refractivity contribution in [3.05, 3.63) is 71.8 Å². The van der Waals surface area contributed by atoms with Crippen LogP contribution in [0.5, 0.6) is 0 Å². The molecule has 2 aromatic rings. The van der Waals surface area contributed by atoms with Gasteiger partial charge in [0, 0.05) is 6.92 Å². The first-order valence-electron chi connectivity index (χ1n) is 9.51. The van der Waals surface area contributed by atoms with Crippen molar-refractivity contribution < 1.29 is 28.8 Å². The summed E-state index contributed by atoms with van der Waals surface area (Å²) in [7, 11) is 0. The Morgan fingerprint density at radius 3 is 1.93 bits per heavy atom. The van der Waals surface area contributed by atoms with Gasteiger partial charge >= 0.3 is 5.97 Å². The van der Waals surface area contributed by atoms with E-state index in [9.17, 15) is 9.90 Å². The standard InChI is InChI=1S/C22H26O6S/c1-15(24)27-19-18(12-23)28-22(29)21(26-14-17-10-6-3-7-11-17)20(19)25-13-16-8-4-2-5-9-16/h2-11,18-23,29H,12-14H2,1H3/t18-,19-,20+,21-,22-/m1/s1. The topological polar surface area (TPSA) is 74.2 Å². The van der Waals surface area contributed by atoms with Crippen LogP contribution in [0.3, 0.4) is 0 Å². The van der Waals surface area contributed by atoms with E-state index in [4.69, 9.17) is 18.9 Å². The molecule has 0 radical (unpaired) electrons. The van der Waals surface area contributed by atoms with Gasteiger partial charge in [-0.15, -0.1) is 12.6 Å². The summed E-state index contributed by atoms with van der Waals surface area (Å²) in [4.78, 5) is 11.7. The molecule has 0 aliphatic carbocycles. The molecule has 1 aliphatic heterocycles. The zero-order valence-electron chi connectivity index (χ0n) is 16.2. The molecule has 1 fully saturated rings. The Bertz CT molecular complexity index is 756. The van der Waals surface area contributed by atoms with Crippen molar-refractivity contribution in [2.75, 3.05) is 6.61 Å². The molecule has 0 unspecified atom stereocenters. The minimum absolute atomic E-state index is 0.299. The Kier molecular flexibility index (Phi) is 8.09. The zero-order valence-corrected chi connectivity index (χ0v) is 17.1. The maximum Gasteiger partial charge on any atom is 0.303 e. The van der Waals surface area contributed by atoms with Gasteiger partial charge in [0.25, 0.3) is 0 Å². The summed E-state index contributed by atoms with van der Waals surface area (Å²) in [5.74, 6) is -0.482. The number of thiol groups is 1. The van der Waals surface area contributed by atoms with Crippen LogP contribution >= 0.6 is 12.6 Å². The third kappa shape index (κ3) is 6.04. The van der Waals surface area contributed by atoms with Crippen LogP contribution in [-0.4, -0.2) is 47.5 Å². The first-order chi connectivity index (χ1) is 14.1. The Hall–Kier alpha value is -1.90. The van der Waals surface area contributed by atoms with E-state index < -0.39 is 35.8 Å². The number of aliphatic hydroxyl groups excluding tert-OH is 1. The number of hydrogen-bond donors (Lipinski definition) is 2. The van der Waals surface area contributed by atoms with Crippen molar-refractivity contribution in [3.63, 3.8) is 0 Å². The maximum atomic E-state index is 11.7. The molecule has 3 rings (SSSR count). The second-order valence-corrected chi connectivity index (χ2v) is 7.35. The number of ether oxygens (including phenoxy) is 4. The molecule has 1 N–H and O–H groups in total. The van der Waals surface area contributed by atoms with Crippen LogP contribution in [0.25, 0.3) is 0 Å². The molecule has 2 aromatic carbocycles. The molecule has 0 bridgehead atoms. The van der Waals surface area contributed by atoms with E-state index in [2.05, 4.69) is 12.6 Å². The van der Waals surface area contributed by atoms with Crippen molar-refractivity contribution in [2.24, 2.45) is 0 Å². The van der Waals surface area contributed by atoms with Gasteiger partial charge in [-0.3, -0.25) is 4.79 Å². The minimum Gasteiger partial charge on any atom is -0.457 e. The number of esters is 1. The van der Waals surface area contributed by atoms with Gasteiger partial charge in [0.15, 0.2) is 6.10 Å². The predicted octanol–water partition coefficient (Wildman–Crippen LogP) is 2.74. The monoisotopic (exact) mass is 418 g/mol. The van der Waals surface area contributed by atoms with Gasteiger partial charge in [-0.05, 0) is 11.1 Å². The first-order valence-corrected chi connectivity index (χ1v) is 10.0. The lowest BCUT2D eigenvalue weighted by molar-refractivity contribution is -0.245. The lowest BCUT2D eigenvalue weighted by atomic mass is 9.99. The number of carbonyl (C=O) groups is 1. The average molecular weight is 419 g/mol. The van der Waals surface area contributed by atoms with E-state index in [0.29, 0.717) is 13.2 Å². The lowest BCUT2D eigenvalue weighted by Crippen LogP contribution is -2.60. The zero-order chi connectivity index (χ0) is 20.6. The Labute approximate surface area is 176 Å². The fraction of sp³-hybridized carbons (Fsp3) is 0.409. The number of rotatable bonds is 8. The van der Waals surface area contributed by atoms with Gasteiger partial charge in [0.05, 0.1) is 19.8 Å². The van der Waals surface area contributed by atoms with E-state index in [1.54, 1.807) is 0 Å². The highest BCUT2D eigenvalue weighted by Crippen LogP contribution is 2.31. The Balaban J connectivity index is 1.79. The first kappa shape index (κ1) is 21.8. The second-order valence-electron chi connectivity index (χ2n) is 6.84. The molecule has 5 atom stereocenters. The highest BCUT2D eigenvalue weighted by atomic mass is 32.1. The van der Waals surface area contributed by atoms with Gasteiger partial charge in [-0.2, -0.15) is 0 Å². The Morgan fingerprint density at radius 1 is 0.931 bits per heavy atom. The summed E-state index contributed by atoms with van der Waals surface area (Å²) in [6.45, 7) is 1.61. The number of hydrogen-bond acceptors (Lipinski definition) is 7. The smallest absolute Gasteiger partial charge is 0.303 e. The number of aliphatic hydroxyl groups is 1. The van der Waals surface area contributed by atoms with Crippen LogP contribution < -0.4 is 0 Å². The van der Waals surface area contributed by atoms with E-state index in [1.165, 1.54) is 6.92 Å². The number of benzene rings is 2. The highest BCUT2D eigenvalue weighted by Gasteiger charge is 2.48. The van der Waals surface area contributed by atoms with Crippen molar-refractivity contribution in [1.82, 2.24) is 0 Å². The highest BCUT2D eigenvalue weighted by molar-refractivity contribution is 7.80. The van der Waals surface area contributed by atoms with Crippen LogP contribution in [-0.2, 0) is 37.0 Å². The lowest BCUT2D eigenvalue weighted by Gasteiger charge is -2.43. The second kappa shape index (κ2) is 10.8. The molecule has 0 amide bonds. The SMILES string of the molecule is CC(=O)O[C@H]1[C@H](OCc2ccccc2)[C@@H](OCc2ccccc2)[C@@H](S)O[C@@H]1CO. The van der Waals surface area contributed by atoms with Crippen molar-refractivity contribution in [3.8, 4) is 0 Å². The molecule has 6 nitrogen and oxygen atoms in total. The summed E-state index contributed by atoms with van der Waals surface area (Å²) in [6.07, 6.45) is -2.82. The molecule has 0 spiro atoms. The summed E-state index contributed by atoms with van der Waals surface area (Å²) in [5.41, 5.74) is 1.31. The summed E-state index contributed by atoms with van der Waals surface area (Å²) < 4.78 is 23.5.